The van der Waals surface area contributed by atoms with Crippen molar-refractivity contribution in [3.05, 3.63) is 36.0 Å². The SMILES string of the molecule is CNCCCCCCc1c[nH]c2ccccc12. The number of benzene rings is 1. The Morgan fingerprint density at radius 2 is 1.88 bits per heavy atom. The molecule has 1 aromatic heterocycles. The molecule has 2 heteroatoms. The number of H-pyrrole nitrogens is 1. The average Bonchev–Trinajstić information content (AvgIpc) is 2.77. The Morgan fingerprint density at radius 3 is 2.76 bits per heavy atom. The Kier molecular flexibility index (Phi) is 4.63. The molecule has 0 unspecified atom stereocenters. The maximum absolute atomic E-state index is 3.34. The number of hydrogen-bond acceptors (Lipinski definition) is 1. The van der Waals surface area contributed by atoms with Gasteiger partial charge >= 0.3 is 0 Å². The van der Waals surface area contributed by atoms with Crippen molar-refractivity contribution in [2.45, 2.75) is 32.1 Å². The van der Waals surface area contributed by atoms with Gasteiger partial charge in [0.05, 0.1) is 0 Å². The first-order valence-corrected chi connectivity index (χ1v) is 6.61. The first-order chi connectivity index (χ1) is 8.42. The van der Waals surface area contributed by atoms with E-state index in [1.807, 2.05) is 7.05 Å². The largest absolute Gasteiger partial charge is 0.361 e. The monoisotopic (exact) mass is 230 g/mol. The van der Waals surface area contributed by atoms with E-state index < -0.39 is 0 Å². The predicted octanol–water partition coefficient (Wildman–Crippen LogP) is 3.49. The van der Waals surface area contributed by atoms with Gasteiger partial charge in [-0.3, -0.25) is 0 Å². The topological polar surface area (TPSA) is 27.8 Å². The summed E-state index contributed by atoms with van der Waals surface area (Å²) in [5, 5.41) is 4.58. The summed E-state index contributed by atoms with van der Waals surface area (Å²) >= 11 is 0. The number of hydrogen-bond donors (Lipinski definition) is 2. The third-order valence-electron chi connectivity index (χ3n) is 3.30. The van der Waals surface area contributed by atoms with Crippen LogP contribution >= 0.6 is 0 Å². The molecule has 0 fully saturated rings. The number of nitrogens with one attached hydrogen (secondary N) is 2. The summed E-state index contributed by atoms with van der Waals surface area (Å²) in [7, 11) is 2.02. The summed E-state index contributed by atoms with van der Waals surface area (Å²) in [5.41, 5.74) is 2.73. The summed E-state index contributed by atoms with van der Waals surface area (Å²) < 4.78 is 0. The van der Waals surface area contributed by atoms with Gasteiger partial charge in [-0.1, -0.05) is 31.0 Å². The van der Waals surface area contributed by atoms with Gasteiger partial charge < -0.3 is 10.3 Å². The molecule has 0 saturated heterocycles. The van der Waals surface area contributed by atoms with Crippen molar-refractivity contribution in [1.29, 1.82) is 0 Å². The van der Waals surface area contributed by atoms with E-state index in [0.717, 1.165) is 6.54 Å². The van der Waals surface area contributed by atoms with Gasteiger partial charge in [0, 0.05) is 17.1 Å². The number of unbranched alkanes of at least 4 members (excludes halogenated alkanes) is 3. The number of fused-ring (bicyclic) bond motifs is 1. The van der Waals surface area contributed by atoms with Crippen molar-refractivity contribution in [3.8, 4) is 0 Å². The number of aromatic amines is 1. The van der Waals surface area contributed by atoms with E-state index in [2.05, 4.69) is 40.8 Å². The second-order valence-electron chi connectivity index (χ2n) is 4.63. The van der Waals surface area contributed by atoms with Crippen LogP contribution in [0.2, 0.25) is 0 Å². The van der Waals surface area contributed by atoms with Gasteiger partial charge in [0.15, 0.2) is 0 Å². The van der Waals surface area contributed by atoms with Crippen LogP contribution in [0.4, 0.5) is 0 Å². The van der Waals surface area contributed by atoms with Gasteiger partial charge in [0.1, 0.15) is 0 Å². The van der Waals surface area contributed by atoms with E-state index in [4.69, 9.17) is 0 Å². The zero-order valence-electron chi connectivity index (χ0n) is 10.6. The maximum Gasteiger partial charge on any atom is 0.0456 e. The second kappa shape index (κ2) is 6.45. The first kappa shape index (κ1) is 12.2. The fourth-order valence-electron chi connectivity index (χ4n) is 2.31. The lowest BCUT2D eigenvalue weighted by Crippen LogP contribution is -2.06. The molecule has 0 amide bonds. The molecule has 0 atom stereocenters. The molecule has 2 rings (SSSR count). The van der Waals surface area contributed by atoms with Crippen LogP contribution in [-0.2, 0) is 6.42 Å². The number of aryl methyl sites for hydroxylation is 1. The van der Waals surface area contributed by atoms with Gasteiger partial charge in [-0.25, -0.2) is 0 Å². The smallest absolute Gasteiger partial charge is 0.0456 e. The van der Waals surface area contributed by atoms with Crippen molar-refractivity contribution in [3.63, 3.8) is 0 Å². The lowest BCUT2D eigenvalue weighted by molar-refractivity contribution is 0.617. The minimum absolute atomic E-state index is 1.15. The third-order valence-corrected chi connectivity index (χ3v) is 3.30. The van der Waals surface area contributed by atoms with E-state index >= 15 is 0 Å². The Morgan fingerprint density at radius 1 is 1.06 bits per heavy atom. The van der Waals surface area contributed by atoms with Crippen LogP contribution in [0.25, 0.3) is 10.9 Å². The Bertz CT molecular complexity index is 445. The molecule has 0 spiro atoms. The first-order valence-electron chi connectivity index (χ1n) is 6.61. The number of para-hydroxylation sites is 1. The molecule has 92 valence electrons. The van der Waals surface area contributed by atoms with Gasteiger partial charge in [-0.05, 0) is 44.5 Å². The second-order valence-corrected chi connectivity index (χ2v) is 4.63. The van der Waals surface area contributed by atoms with Crippen LogP contribution in [0.1, 0.15) is 31.2 Å². The van der Waals surface area contributed by atoms with Crippen molar-refractivity contribution in [2.75, 3.05) is 13.6 Å². The Hall–Kier alpha value is -1.28. The lowest BCUT2D eigenvalue weighted by atomic mass is 10.1. The molecular weight excluding hydrogens is 208 g/mol. The molecule has 2 N–H and O–H groups in total. The van der Waals surface area contributed by atoms with Crippen LogP contribution < -0.4 is 5.32 Å². The molecule has 0 bridgehead atoms. The lowest BCUT2D eigenvalue weighted by Gasteiger charge is -2.01. The highest BCUT2D eigenvalue weighted by Crippen LogP contribution is 2.19. The van der Waals surface area contributed by atoms with Crippen LogP contribution in [0.15, 0.2) is 30.5 Å². The van der Waals surface area contributed by atoms with Crippen molar-refractivity contribution in [2.24, 2.45) is 0 Å². The Labute approximate surface area is 103 Å². The molecule has 1 heterocycles. The van der Waals surface area contributed by atoms with Gasteiger partial charge in [-0.15, -0.1) is 0 Å². The normalized spacial score (nSPS) is 11.1. The summed E-state index contributed by atoms with van der Waals surface area (Å²) in [5.74, 6) is 0. The van der Waals surface area contributed by atoms with Crippen molar-refractivity contribution >= 4 is 10.9 Å². The van der Waals surface area contributed by atoms with E-state index in [0.29, 0.717) is 0 Å². The van der Waals surface area contributed by atoms with E-state index in [1.165, 1.54) is 48.6 Å². The van der Waals surface area contributed by atoms with E-state index in [9.17, 15) is 0 Å². The zero-order chi connectivity index (χ0) is 11.9. The molecule has 2 nitrogen and oxygen atoms in total. The standard InChI is InChI=1S/C15H22N2/c1-16-11-7-3-2-4-8-13-12-17-15-10-6-5-9-14(13)15/h5-6,9-10,12,16-17H,2-4,7-8,11H2,1H3. The molecule has 0 aliphatic rings. The molecule has 17 heavy (non-hydrogen) atoms. The van der Waals surface area contributed by atoms with Crippen molar-refractivity contribution in [1.82, 2.24) is 10.3 Å². The number of aromatic nitrogens is 1. The molecular formula is C15H22N2. The maximum atomic E-state index is 3.34. The quantitative estimate of drug-likeness (QED) is 0.700. The van der Waals surface area contributed by atoms with Gasteiger partial charge in [-0.2, -0.15) is 0 Å². The number of rotatable bonds is 7. The van der Waals surface area contributed by atoms with Crippen LogP contribution in [0.3, 0.4) is 0 Å². The Balaban J connectivity index is 1.79. The van der Waals surface area contributed by atoms with Crippen LogP contribution in [-0.4, -0.2) is 18.6 Å². The molecule has 1 aromatic carbocycles. The predicted molar refractivity (Wildman–Crippen MR) is 74.4 cm³/mol. The van der Waals surface area contributed by atoms with Gasteiger partial charge in [0.2, 0.25) is 0 Å². The fraction of sp³-hybridized carbons (Fsp3) is 0.467. The third kappa shape index (κ3) is 3.34. The van der Waals surface area contributed by atoms with E-state index in [1.54, 1.807) is 0 Å². The average molecular weight is 230 g/mol. The highest BCUT2D eigenvalue weighted by molar-refractivity contribution is 5.82. The van der Waals surface area contributed by atoms with Crippen LogP contribution in [0, 0.1) is 0 Å². The molecule has 0 aliphatic carbocycles. The zero-order valence-corrected chi connectivity index (χ0v) is 10.6. The minimum atomic E-state index is 1.15. The molecule has 0 radical (unpaired) electrons. The van der Waals surface area contributed by atoms with E-state index in [-0.39, 0.29) is 0 Å². The minimum Gasteiger partial charge on any atom is -0.361 e. The fourth-order valence-corrected chi connectivity index (χ4v) is 2.31. The summed E-state index contributed by atoms with van der Waals surface area (Å²) in [6.07, 6.45) is 8.63. The highest BCUT2D eigenvalue weighted by atomic mass is 14.8. The van der Waals surface area contributed by atoms with Gasteiger partial charge in [0.25, 0.3) is 0 Å². The molecule has 0 aliphatic heterocycles. The highest BCUT2D eigenvalue weighted by Gasteiger charge is 2.01. The van der Waals surface area contributed by atoms with Crippen molar-refractivity contribution < 1.29 is 0 Å². The summed E-state index contributed by atoms with van der Waals surface area (Å²) in [6, 6.07) is 8.56. The summed E-state index contributed by atoms with van der Waals surface area (Å²) in [6.45, 7) is 1.15. The van der Waals surface area contributed by atoms with Crippen LogP contribution in [0.5, 0.6) is 0 Å². The molecule has 2 aromatic rings. The summed E-state index contributed by atoms with van der Waals surface area (Å²) in [4.78, 5) is 3.34. The molecule has 0 saturated carbocycles.